The summed E-state index contributed by atoms with van der Waals surface area (Å²) < 4.78 is 0. The molecule has 0 spiro atoms. The van der Waals surface area contributed by atoms with Gasteiger partial charge in [-0.3, -0.25) is 0 Å². The van der Waals surface area contributed by atoms with Crippen LogP contribution in [0.5, 0.6) is 0 Å². The van der Waals surface area contributed by atoms with Gasteiger partial charge in [-0.2, -0.15) is 0 Å². The fourth-order valence-corrected chi connectivity index (χ4v) is 0.143. The first kappa shape index (κ1) is 11.0. The van der Waals surface area contributed by atoms with Crippen molar-refractivity contribution in [3.05, 3.63) is 12.2 Å². The highest BCUT2D eigenvalue weighted by atomic mass is 16.4. The molecule has 4 nitrogen and oxygen atoms in total. The largest absolute Gasteiger partial charge is 0.478 e. The second-order valence-electron chi connectivity index (χ2n) is 1.02. The van der Waals surface area contributed by atoms with Gasteiger partial charge in [0.25, 0.3) is 0 Å². The SMILES string of the molecule is C/C=C/C(=O)O.NCO. The first-order chi connectivity index (χ1) is 4.18. The lowest BCUT2D eigenvalue weighted by atomic mass is 10.5. The van der Waals surface area contributed by atoms with E-state index in [4.69, 9.17) is 10.2 Å². The van der Waals surface area contributed by atoms with Gasteiger partial charge in [-0.15, -0.1) is 0 Å². The summed E-state index contributed by atoms with van der Waals surface area (Å²) in [6, 6.07) is 0. The molecule has 54 valence electrons. The van der Waals surface area contributed by atoms with E-state index in [-0.39, 0.29) is 6.73 Å². The van der Waals surface area contributed by atoms with E-state index in [1.54, 1.807) is 6.92 Å². The Balaban J connectivity index is 0. The van der Waals surface area contributed by atoms with E-state index in [1.807, 2.05) is 0 Å². The molecule has 0 amide bonds. The van der Waals surface area contributed by atoms with E-state index in [2.05, 4.69) is 5.73 Å². The zero-order chi connectivity index (χ0) is 7.70. The van der Waals surface area contributed by atoms with Crippen LogP contribution in [0.15, 0.2) is 12.2 Å². The minimum Gasteiger partial charge on any atom is -0.478 e. The van der Waals surface area contributed by atoms with Crippen LogP contribution < -0.4 is 5.73 Å². The van der Waals surface area contributed by atoms with E-state index in [0.717, 1.165) is 6.08 Å². The van der Waals surface area contributed by atoms with Crippen molar-refractivity contribution < 1.29 is 15.0 Å². The molecule has 0 aliphatic carbocycles. The number of aliphatic carboxylic acids is 1. The number of aliphatic hydroxyl groups is 1. The Morgan fingerprint density at radius 3 is 2.11 bits per heavy atom. The number of carbonyl (C=O) groups is 1. The highest BCUT2D eigenvalue weighted by molar-refractivity contribution is 5.79. The normalized spacial score (nSPS) is 8.33. The van der Waals surface area contributed by atoms with E-state index < -0.39 is 5.97 Å². The summed E-state index contributed by atoms with van der Waals surface area (Å²) in [6.07, 6.45) is 2.56. The average molecular weight is 133 g/mol. The summed E-state index contributed by atoms with van der Waals surface area (Å²) in [5.41, 5.74) is 4.40. The van der Waals surface area contributed by atoms with Gasteiger partial charge >= 0.3 is 5.97 Å². The third-order valence-corrected chi connectivity index (χ3v) is 0.309. The molecule has 4 N–H and O–H groups in total. The summed E-state index contributed by atoms with van der Waals surface area (Å²) in [5, 5.41) is 15.2. The molecule has 0 saturated heterocycles. The van der Waals surface area contributed by atoms with E-state index in [9.17, 15) is 4.79 Å². The van der Waals surface area contributed by atoms with Crippen molar-refractivity contribution >= 4 is 5.97 Å². The number of carboxylic acid groups (broad SMARTS) is 1. The van der Waals surface area contributed by atoms with Crippen LogP contribution >= 0.6 is 0 Å². The predicted molar refractivity (Wildman–Crippen MR) is 33.7 cm³/mol. The molecule has 4 heteroatoms. The molecule has 0 saturated carbocycles. The lowest BCUT2D eigenvalue weighted by Gasteiger charge is -1.68. The molecule has 0 unspecified atom stereocenters. The number of hydrogen-bond donors (Lipinski definition) is 3. The van der Waals surface area contributed by atoms with Gasteiger partial charge < -0.3 is 15.9 Å². The summed E-state index contributed by atoms with van der Waals surface area (Å²) in [5.74, 6) is -0.891. The summed E-state index contributed by atoms with van der Waals surface area (Å²) in [6.45, 7) is 1.41. The Kier molecular flexibility index (Phi) is 12.4. The molecule has 0 aliphatic rings. The van der Waals surface area contributed by atoms with Gasteiger partial charge in [-0.1, -0.05) is 6.08 Å². The van der Waals surface area contributed by atoms with Crippen molar-refractivity contribution in [2.45, 2.75) is 6.92 Å². The van der Waals surface area contributed by atoms with Gasteiger partial charge in [0.05, 0.1) is 6.73 Å². The maximum Gasteiger partial charge on any atom is 0.327 e. The van der Waals surface area contributed by atoms with Crippen molar-refractivity contribution in [1.82, 2.24) is 0 Å². The molecule has 9 heavy (non-hydrogen) atoms. The molecule has 0 aromatic carbocycles. The molecule has 0 bridgehead atoms. The molecular formula is C5H11NO3. The summed E-state index contributed by atoms with van der Waals surface area (Å²) in [4.78, 5) is 9.51. The minimum atomic E-state index is -0.891. The van der Waals surface area contributed by atoms with Crippen molar-refractivity contribution in [2.24, 2.45) is 5.73 Å². The maximum atomic E-state index is 9.51. The highest BCUT2D eigenvalue weighted by Gasteiger charge is 1.76. The topological polar surface area (TPSA) is 83.5 Å². The number of hydrogen-bond acceptors (Lipinski definition) is 3. The smallest absolute Gasteiger partial charge is 0.327 e. The second-order valence-corrected chi connectivity index (χ2v) is 1.02. The Morgan fingerprint density at radius 1 is 1.78 bits per heavy atom. The van der Waals surface area contributed by atoms with Gasteiger partial charge in [0.2, 0.25) is 0 Å². The highest BCUT2D eigenvalue weighted by Crippen LogP contribution is 1.65. The Bertz CT molecular complexity index is 90.2. The van der Waals surface area contributed by atoms with Crippen LogP contribution in [-0.2, 0) is 4.79 Å². The van der Waals surface area contributed by atoms with Crippen LogP contribution in [0.3, 0.4) is 0 Å². The number of aliphatic hydroxyl groups excluding tert-OH is 1. The Morgan fingerprint density at radius 2 is 2.11 bits per heavy atom. The molecule has 0 fully saturated rings. The van der Waals surface area contributed by atoms with Crippen molar-refractivity contribution in [3.63, 3.8) is 0 Å². The minimum absolute atomic E-state index is 0.250. The third kappa shape index (κ3) is 41.4. The van der Waals surface area contributed by atoms with E-state index in [1.165, 1.54) is 6.08 Å². The predicted octanol–water partition coefficient (Wildman–Crippen LogP) is -0.458. The van der Waals surface area contributed by atoms with Gasteiger partial charge in [0, 0.05) is 6.08 Å². The molecule has 0 aromatic rings. The van der Waals surface area contributed by atoms with Crippen LogP contribution in [0.25, 0.3) is 0 Å². The molecule has 0 heterocycles. The lowest BCUT2D eigenvalue weighted by molar-refractivity contribution is -0.131. The van der Waals surface area contributed by atoms with Crippen LogP contribution in [0, 0.1) is 0 Å². The van der Waals surface area contributed by atoms with Crippen molar-refractivity contribution in [1.29, 1.82) is 0 Å². The second kappa shape index (κ2) is 10.2. The third-order valence-electron chi connectivity index (χ3n) is 0.309. The fraction of sp³-hybridized carbons (Fsp3) is 0.400. The molecule has 0 atom stereocenters. The standard InChI is InChI=1S/C4H6O2.CH5NO/c1-2-3-4(5)6;2-1-3/h2-3H,1H3,(H,5,6);3H,1-2H2/b3-2+;. The molecule has 0 radical (unpaired) electrons. The monoisotopic (exact) mass is 133 g/mol. The molecule has 0 rings (SSSR count). The molecular weight excluding hydrogens is 122 g/mol. The number of carboxylic acids is 1. The van der Waals surface area contributed by atoms with Crippen molar-refractivity contribution in [3.8, 4) is 0 Å². The quantitative estimate of drug-likeness (QED) is 0.334. The molecule has 0 aromatic heterocycles. The van der Waals surface area contributed by atoms with Crippen LogP contribution in [-0.4, -0.2) is 22.9 Å². The van der Waals surface area contributed by atoms with E-state index in [0.29, 0.717) is 0 Å². The average Bonchev–Trinajstić information content (AvgIpc) is 1.67. The zero-order valence-electron chi connectivity index (χ0n) is 5.24. The van der Waals surface area contributed by atoms with Gasteiger partial charge in [0.1, 0.15) is 0 Å². The Labute approximate surface area is 53.6 Å². The fourth-order valence-electron chi connectivity index (χ4n) is 0.143. The van der Waals surface area contributed by atoms with Crippen LogP contribution in [0.2, 0.25) is 0 Å². The van der Waals surface area contributed by atoms with Crippen LogP contribution in [0.4, 0.5) is 0 Å². The summed E-state index contributed by atoms with van der Waals surface area (Å²) >= 11 is 0. The number of nitrogens with two attached hydrogens (primary N) is 1. The Hall–Kier alpha value is -0.870. The first-order valence-electron chi connectivity index (χ1n) is 2.35. The van der Waals surface area contributed by atoms with Crippen molar-refractivity contribution in [2.75, 3.05) is 6.73 Å². The van der Waals surface area contributed by atoms with Gasteiger partial charge in [0.15, 0.2) is 0 Å². The first-order valence-corrected chi connectivity index (χ1v) is 2.35. The zero-order valence-corrected chi connectivity index (χ0v) is 5.24. The van der Waals surface area contributed by atoms with Crippen LogP contribution in [0.1, 0.15) is 6.92 Å². The lowest BCUT2D eigenvalue weighted by Crippen LogP contribution is -1.92. The number of allylic oxidation sites excluding steroid dienone is 1. The summed E-state index contributed by atoms with van der Waals surface area (Å²) in [7, 11) is 0. The van der Waals surface area contributed by atoms with Gasteiger partial charge in [-0.05, 0) is 6.92 Å². The maximum absolute atomic E-state index is 9.51. The van der Waals surface area contributed by atoms with Gasteiger partial charge in [-0.25, -0.2) is 4.79 Å². The molecule has 0 aliphatic heterocycles. The van der Waals surface area contributed by atoms with E-state index >= 15 is 0 Å². The number of rotatable bonds is 1.